The fourth-order valence-corrected chi connectivity index (χ4v) is 1.87. The van der Waals surface area contributed by atoms with Gasteiger partial charge in [-0.25, -0.2) is 4.98 Å². The second-order valence-electron chi connectivity index (χ2n) is 3.60. The van der Waals surface area contributed by atoms with Gasteiger partial charge in [0.05, 0.1) is 0 Å². The van der Waals surface area contributed by atoms with Gasteiger partial charge in [-0.05, 0) is 25.1 Å². The number of rotatable bonds is 2. The molecule has 0 saturated carbocycles. The van der Waals surface area contributed by atoms with E-state index in [2.05, 4.69) is 30.6 Å². The number of aromatic nitrogens is 2. The quantitative estimate of drug-likeness (QED) is 0.906. The molecule has 0 aliphatic rings. The zero-order valence-electron chi connectivity index (χ0n) is 9.18. The van der Waals surface area contributed by atoms with Crippen molar-refractivity contribution in [1.29, 1.82) is 0 Å². The summed E-state index contributed by atoms with van der Waals surface area (Å²) in [6.45, 7) is 1.81. The van der Waals surface area contributed by atoms with E-state index in [1.165, 1.54) is 18.2 Å². The van der Waals surface area contributed by atoms with Crippen LogP contribution in [0.5, 0.6) is 5.75 Å². The molecule has 96 valence electrons. The minimum atomic E-state index is -4.70. The van der Waals surface area contributed by atoms with Crippen molar-refractivity contribution < 1.29 is 17.9 Å². The summed E-state index contributed by atoms with van der Waals surface area (Å²) < 4.78 is 40.9. The Morgan fingerprint density at radius 3 is 2.61 bits per heavy atom. The first-order chi connectivity index (χ1) is 8.35. The molecular weight excluding hydrogens is 313 g/mol. The Bertz CT molecular complexity index is 566. The van der Waals surface area contributed by atoms with Crippen LogP contribution in [0.4, 0.5) is 13.2 Å². The number of imidazole rings is 1. The molecule has 2 rings (SSSR count). The van der Waals surface area contributed by atoms with Gasteiger partial charge in [-0.2, -0.15) is 0 Å². The van der Waals surface area contributed by atoms with Gasteiger partial charge in [-0.1, -0.05) is 15.9 Å². The van der Waals surface area contributed by atoms with Crippen molar-refractivity contribution >= 4 is 15.9 Å². The second kappa shape index (κ2) is 4.64. The zero-order valence-corrected chi connectivity index (χ0v) is 10.8. The molecule has 18 heavy (non-hydrogen) atoms. The smallest absolute Gasteiger partial charge is 0.406 e. The van der Waals surface area contributed by atoms with E-state index in [-0.39, 0.29) is 5.75 Å². The molecule has 0 amide bonds. The third-order valence-electron chi connectivity index (χ3n) is 2.13. The Morgan fingerprint density at radius 1 is 1.33 bits per heavy atom. The van der Waals surface area contributed by atoms with Crippen molar-refractivity contribution in [2.24, 2.45) is 0 Å². The Labute approximate surface area is 109 Å². The first kappa shape index (κ1) is 12.9. The van der Waals surface area contributed by atoms with Gasteiger partial charge in [0, 0.05) is 21.9 Å². The standard InChI is InChI=1S/C11H8BrF3N2O/c1-6-5-16-10(17-6)8-4-7(2-3-9(8)12)18-11(13,14)15/h2-5H,1H3,(H,16,17). The number of ether oxygens (including phenoxy) is 1. The molecule has 0 radical (unpaired) electrons. The van der Waals surface area contributed by atoms with E-state index in [1.807, 2.05) is 0 Å². The lowest BCUT2D eigenvalue weighted by Crippen LogP contribution is -2.17. The van der Waals surface area contributed by atoms with E-state index in [9.17, 15) is 13.2 Å². The summed E-state index contributed by atoms with van der Waals surface area (Å²) in [5, 5.41) is 0. The van der Waals surface area contributed by atoms with Gasteiger partial charge in [-0.15, -0.1) is 13.2 Å². The molecule has 2 aromatic rings. The number of aryl methyl sites for hydroxylation is 1. The van der Waals surface area contributed by atoms with E-state index >= 15 is 0 Å². The number of nitrogens with zero attached hydrogens (tertiary/aromatic N) is 1. The largest absolute Gasteiger partial charge is 0.573 e. The van der Waals surface area contributed by atoms with Crippen LogP contribution in [0.3, 0.4) is 0 Å². The molecule has 1 aromatic carbocycles. The summed E-state index contributed by atoms with van der Waals surface area (Å²) in [5.41, 5.74) is 1.32. The van der Waals surface area contributed by atoms with Crippen molar-refractivity contribution in [1.82, 2.24) is 9.97 Å². The third-order valence-corrected chi connectivity index (χ3v) is 2.82. The van der Waals surface area contributed by atoms with Crippen molar-refractivity contribution in [3.63, 3.8) is 0 Å². The molecule has 7 heteroatoms. The Morgan fingerprint density at radius 2 is 2.06 bits per heavy atom. The van der Waals surface area contributed by atoms with Crippen molar-refractivity contribution in [3.8, 4) is 17.1 Å². The normalized spacial score (nSPS) is 11.6. The minimum Gasteiger partial charge on any atom is -0.406 e. The Balaban J connectivity index is 2.39. The van der Waals surface area contributed by atoms with Crippen LogP contribution in [0.15, 0.2) is 28.9 Å². The van der Waals surface area contributed by atoms with Crippen LogP contribution in [0.2, 0.25) is 0 Å². The predicted molar refractivity (Wildman–Crippen MR) is 63.1 cm³/mol. The molecule has 0 spiro atoms. The highest BCUT2D eigenvalue weighted by Crippen LogP contribution is 2.32. The van der Waals surface area contributed by atoms with Crippen molar-refractivity contribution in [3.05, 3.63) is 34.6 Å². The number of halogens is 4. The summed E-state index contributed by atoms with van der Waals surface area (Å²) in [6, 6.07) is 3.99. The van der Waals surface area contributed by atoms with E-state index in [0.29, 0.717) is 15.9 Å². The van der Waals surface area contributed by atoms with Gasteiger partial charge in [0.25, 0.3) is 0 Å². The van der Waals surface area contributed by atoms with E-state index < -0.39 is 6.36 Å². The van der Waals surface area contributed by atoms with E-state index in [4.69, 9.17) is 0 Å². The van der Waals surface area contributed by atoms with Crippen LogP contribution in [-0.2, 0) is 0 Å². The van der Waals surface area contributed by atoms with Crippen LogP contribution in [-0.4, -0.2) is 16.3 Å². The second-order valence-corrected chi connectivity index (χ2v) is 4.46. The van der Waals surface area contributed by atoms with Crippen LogP contribution < -0.4 is 4.74 Å². The average molecular weight is 321 g/mol. The Kier molecular flexibility index (Phi) is 3.34. The van der Waals surface area contributed by atoms with Gasteiger partial charge in [0.15, 0.2) is 0 Å². The number of alkyl halides is 3. The highest BCUT2D eigenvalue weighted by Gasteiger charge is 2.31. The first-order valence-corrected chi connectivity index (χ1v) is 5.72. The molecule has 0 unspecified atom stereocenters. The van der Waals surface area contributed by atoms with Gasteiger partial charge in [-0.3, -0.25) is 0 Å². The minimum absolute atomic E-state index is 0.283. The molecule has 3 nitrogen and oxygen atoms in total. The molecule has 0 bridgehead atoms. The van der Waals surface area contributed by atoms with Crippen LogP contribution in [0, 0.1) is 6.92 Å². The van der Waals surface area contributed by atoms with Gasteiger partial charge in [0.1, 0.15) is 11.6 Å². The van der Waals surface area contributed by atoms with Gasteiger partial charge in [0.2, 0.25) is 0 Å². The lowest BCUT2D eigenvalue weighted by Gasteiger charge is -2.10. The van der Waals surface area contributed by atoms with Crippen LogP contribution >= 0.6 is 15.9 Å². The third kappa shape index (κ3) is 3.04. The average Bonchev–Trinajstić information content (AvgIpc) is 2.66. The van der Waals surface area contributed by atoms with E-state index in [0.717, 1.165) is 5.69 Å². The molecule has 1 N–H and O–H groups in total. The maximum Gasteiger partial charge on any atom is 0.573 e. The highest BCUT2D eigenvalue weighted by atomic mass is 79.9. The number of hydrogen-bond donors (Lipinski definition) is 1. The topological polar surface area (TPSA) is 37.9 Å². The highest BCUT2D eigenvalue weighted by molar-refractivity contribution is 9.10. The number of benzene rings is 1. The van der Waals surface area contributed by atoms with Crippen LogP contribution in [0.25, 0.3) is 11.4 Å². The molecule has 0 saturated heterocycles. The number of nitrogens with one attached hydrogen (secondary N) is 1. The lowest BCUT2D eigenvalue weighted by molar-refractivity contribution is -0.274. The molecule has 1 heterocycles. The van der Waals surface area contributed by atoms with E-state index in [1.54, 1.807) is 13.1 Å². The van der Waals surface area contributed by atoms with Crippen molar-refractivity contribution in [2.45, 2.75) is 13.3 Å². The summed E-state index contributed by atoms with van der Waals surface area (Å²) in [4.78, 5) is 7.01. The molecular formula is C11H8BrF3N2O. The van der Waals surface area contributed by atoms with Crippen molar-refractivity contribution in [2.75, 3.05) is 0 Å². The maximum absolute atomic E-state index is 12.1. The molecule has 0 aliphatic heterocycles. The lowest BCUT2D eigenvalue weighted by atomic mass is 10.2. The van der Waals surface area contributed by atoms with Crippen LogP contribution in [0.1, 0.15) is 5.69 Å². The summed E-state index contributed by atoms with van der Waals surface area (Å²) in [7, 11) is 0. The SMILES string of the molecule is Cc1cnc(-c2cc(OC(F)(F)F)ccc2Br)[nH]1. The van der Waals surface area contributed by atoms with Gasteiger partial charge >= 0.3 is 6.36 Å². The summed E-state index contributed by atoms with van der Waals surface area (Å²) in [6.07, 6.45) is -3.11. The zero-order chi connectivity index (χ0) is 13.3. The molecule has 0 fully saturated rings. The molecule has 1 aromatic heterocycles. The first-order valence-electron chi connectivity index (χ1n) is 4.92. The number of hydrogen-bond acceptors (Lipinski definition) is 2. The number of aromatic amines is 1. The number of H-pyrrole nitrogens is 1. The summed E-state index contributed by atoms with van der Waals surface area (Å²) in [5.74, 6) is 0.196. The molecule has 0 atom stereocenters. The summed E-state index contributed by atoms with van der Waals surface area (Å²) >= 11 is 3.26. The van der Waals surface area contributed by atoms with Gasteiger partial charge < -0.3 is 9.72 Å². The fraction of sp³-hybridized carbons (Fsp3) is 0.182. The monoisotopic (exact) mass is 320 g/mol. The maximum atomic E-state index is 12.1. The fourth-order valence-electron chi connectivity index (χ4n) is 1.43. The molecule has 0 aliphatic carbocycles. The predicted octanol–water partition coefficient (Wildman–Crippen LogP) is 4.05. The Hall–Kier alpha value is -1.50.